The quantitative estimate of drug-likeness (QED) is 0.0497. The van der Waals surface area contributed by atoms with Gasteiger partial charge in [-0.25, -0.2) is 0 Å². The van der Waals surface area contributed by atoms with Crippen molar-refractivity contribution in [2.24, 2.45) is 29.2 Å². The number of primary amides is 2. The van der Waals surface area contributed by atoms with Crippen LogP contribution in [0.25, 0.3) is 10.9 Å². The number of aromatic nitrogens is 1. The van der Waals surface area contributed by atoms with Crippen LogP contribution in [-0.2, 0) is 73.5 Å². The topological polar surface area (TPSA) is 427 Å². The van der Waals surface area contributed by atoms with Crippen molar-refractivity contribution in [2.45, 2.75) is 239 Å². The van der Waals surface area contributed by atoms with Crippen LogP contribution >= 0.6 is 0 Å². The van der Waals surface area contributed by atoms with Crippen LogP contribution in [0, 0.1) is 17.8 Å². The SMILES string of the molecule is CC(=O)CN[C@]1(C)CCCCCCCC/C=C/CCC[C@@](C)(C(=O)NC(C)C(=O)N[C@@H](C)C(=O)NC(C)C(=O)N[C@@H](C)C(=O)C(=O)[C@H](C)NC[C@H](C)C(N)=O)NC(=O)[C@H](CC(C)C)CN[C@@H](CCC(N)=O)C(=O)C(=O)C(C)NC(=O)[C@H](Cc2c[nH]c3ccccc23)NCC1=O. The first-order valence-corrected chi connectivity index (χ1v) is 33.4. The lowest BCUT2D eigenvalue weighted by atomic mass is 9.88. The molecule has 0 radical (unpaired) electrons. The predicted molar refractivity (Wildman–Crippen MR) is 359 cm³/mol. The summed E-state index contributed by atoms with van der Waals surface area (Å²) in [6, 6.07) is -2.52. The van der Waals surface area contributed by atoms with Gasteiger partial charge in [-0.15, -0.1) is 0 Å². The third-order valence-corrected chi connectivity index (χ3v) is 17.3. The minimum atomic E-state index is -1.66. The van der Waals surface area contributed by atoms with Crippen molar-refractivity contribution in [3.8, 4) is 0 Å². The third-order valence-electron chi connectivity index (χ3n) is 17.3. The molecule has 2 aromatic rings. The Morgan fingerprint density at radius 3 is 1.82 bits per heavy atom. The summed E-state index contributed by atoms with van der Waals surface area (Å²) in [5, 5.41) is 28.6. The van der Waals surface area contributed by atoms with E-state index in [0.29, 0.717) is 25.7 Å². The number of para-hydroxylation sites is 1. The summed E-state index contributed by atoms with van der Waals surface area (Å²) in [6.07, 6.45) is 12.9. The number of carbonyl (C=O) groups is 14. The molecule has 27 nitrogen and oxygen atoms in total. The van der Waals surface area contributed by atoms with Gasteiger partial charge < -0.3 is 59.0 Å². The monoisotopic (exact) mass is 1330 g/mol. The Bertz CT molecular complexity index is 3060. The van der Waals surface area contributed by atoms with E-state index in [1.807, 2.05) is 44.2 Å². The number of hydrogen-bond acceptors (Lipinski definition) is 18. The van der Waals surface area contributed by atoms with E-state index in [4.69, 9.17) is 11.5 Å². The molecule has 15 N–H and O–H groups in total. The number of nitrogens with two attached hydrogens (primary N) is 2. The predicted octanol–water partition coefficient (Wildman–Crippen LogP) is 1.70. The number of ketones is 6. The number of fused-ring (bicyclic) bond motifs is 1. The molecule has 0 fully saturated rings. The number of allylic oxidation sites excluding steroid dienone is 2. The summed E-state index contributed by atoms with van der Waals surface area (Å²) in [5.41, 5.74) is 9.58. The average Bonchev–Trinajstić information content (AvgIpc) is 1.83. The zero-order valence-corrected chi connectivity index (χ0v) is 57.7. The highest BCUT2D eigenvalue weighted by atomic mass is 16.2. The Kier molecular flexibility index (Phi) is 34.1. The van der Waals surface area contributed by atoms with Crippen molar-refractivity contribution < 1.29 is 67.1 Å². The van der Waals surface area contributed by atoms with Gasteiger partial charge in [-0.3, -0.25) is 77.8 Å². The van der Waals surface area contributed by atoms with Crippen molar-refractivity contribution in [1.82, 2.24) is 58.2 Å². The second kappa shape index (κ2) is 39.9. The van der Waals surface area contributed by atoms with Gasteiger partial charge in [0.2, 0.25) is 70.4 Å². The summed E-state index contributed by atoms with van der Waals surface area (Å²) in [7, 11) is 0. The lowest BCUT2D eigenvalue weighted by Gasteiger charge is -2.33. The molecule has 8 amide bonds. The van der Waals surface area contributed by atoms with Gasteiger partial charge in [0.05, 0.1) is 54.8 Å². The van der Waals surface area contributed by atoms with Crippen LogP contribution in [0.3, 0.4) is 0 Å². The minimum Gasteiger partial charge on any atom is -0.370 e. The molecule has 1 aromatic heterocycles. The number of H-pyrrole nitrogens is 1. The number of Topliss-reactive ketones (excluding diaryl/α,β-unsaturated/α-hetero) is 6. The van der Waals surface area contributed by atoms with E-state index < -0.39 is 142 Å². The largest absolute Gasteiger partial charge is 0.370 e. The third kappa shape index (κ3) is 27.4. The van der Waals surface area contributed by atoms with Crippen LogP contribution < -0.4 is 64.6 Å². The molecule has 0 spiro atoms. The van der Waals surface area contributed by atoms with Crippen LogP contribution in [0.4, 0.5) is 0 Å². The molecule has 3 rings (SSSR count). The van der Waals surface area contributed by atoms with E-state index in [9.17, 15) is 67.1 Å². The van der Waals surface area contributed by atoms with Crippen molar-refractivity contribution in [3.63, 3.8) is 0 Å². The van der Waals surface area contributed by atoms with Gasteiger partial charge in [-0.1, -0.05) is 83.2 Å². The number of nitrogens with one attached hydrogen (secondary N) is 11. The molecule has 1 aliphatic heterocycles. The Morgan fingerprint density at radius 2 is 1.22 bits per heavy atom. The Morgan fingerprint density at radius 1 is 0.653 bits per heavy atom. The van der Waals surface area contributed by atoms with Crippen LogP contribution in [0.5, 0.6) is 0 Å². The molecular formula is C68H107N13O14. The Balaban J connectivity index is 1.89. The molecule has 0 saturated carbocycles. The molecule has 0 aliphatic carbocycles. The maximum absolute atomic E-state index is 14.7. The maximum atomic E-state index is 14.7. The number of hydrogen-bond donors (Lipinski definition) is 13. The van der Waals surface area contributed by atoms with E-state index in [1.165, 1.54) is 55.4 Å². The highest BCUT2D eigenvalue weighted by Crippen LogP contribution is 2.23. The summed E-state index contributed by atoms with van der Waals surface area (Å²) in [4.78, 5) is 191. The van der Waals surface area contributed by atoms with Gasteiger partial charge >= 0.3 is 0 Å². The van der Waals surface area contributed by atoms with Crippen LogP contribution in [-0.4, -0.2) is 173 Å². The van der Waals surface area contributed by atoms with Crippen LogP contribution in [0.1, 0.15) is 179 Å². The standard InChI is InChI=1S/C68H107N13O14/c1-39(2)32-49-37-73-52(28-29-55(69)84)59(88)58(87)44(7)77-65(94)53(33-48-36-72-51-27-23-22-26-50(48)51)74-38-54(83)67(11,75-35-41(4)82)30-24-20-18-16-14-13-15-17-19-21-25-31-68(12,81-64(49)93)66(95)80-47(10)63(92)79-46(9)62(91)78-45(8)61(90)76-43(6)57(86)56(85)42(5)71-34-40(3)60(70)89/h17,19,22-23,26-27,36,39-40,42-47,49,52-53,71-75H,13-16,18,20-21,24-25,28-35,37-38H2,1-12H3,(H2,69,84)(H2,70,89)(H,76,90)(H,77,94)(H,78,91)(H,79,92)(H,80,95)(H,81,93)/b19-17+/t40-,42-,43-,44?,45?,46-,47?,49+,52-,53-,67+,68-/m0/s1. The molecule has 95 heavy (non-hydrogen) atoms. The first kappa shape index (κ1) is 81.4. The second-order valence-corrected chi connectivity index (χ2v) is 26.5. The molecule has 12 atom stereocenters. The highest BCUT2D eigenvalue weighted by Gasteiger charge is 2.40. The maximum Gasteiger partial charge on any atom is 0.246 e. The van der Waals surface area contributed by atoms with Gasteiger partial charge in [-0.2, -0.15) is 0 Å². The summed E-state index contributed by atoms with van der Waals surface area (Å²) in [5.74, 6) is -11.8. The summed E-state index contributed by atoms with van der Waals surface area (Å²) < 4.78 is 0. The number of amides is 8. The summed E-state index contributed by atoms with van der Waals surface area (Å²) >= 11 is 0. The molecule has 2 heterocycles. The normalized spacial score (nSPS) is 23.8. The zero-order chi connectivity index (χ0) is 71.3. The lowest BCUT2D eigenvalue weighted by molar-refractivity contribution is -0.140. The van der Waals surface area contributed by atoms with Crippen LogP contribution in [0.15, 0.2) is 42.6 Å². The van der Waals surface area contributed by atoms with Gasteiger partial charge in [0, 0.05) is 42.5 Å². The fourth-order valence-electron chi connectivity index (χ4n) is 10.8. The number of rotatable bonds is 25. The fraction of sp³-hybridized carbons (Fsp3) is 0.647. The van der Waals surface area contributed by atoms with E-state index in [2.05, 4.69) is 64.2 Å². The van der Waals surface area contributed by atoms with E-state index in [-0.39, 0.29) is 75.8 Å². The van der Waals surface area contributed by atoms with E-state index in [1.54, 1.807) is 20.0 Å². The Labute approximate surface area is 558 Å². The number of benzene rings is 1. The highest BCUT2D eigenvalue weighted by molar-refractivity contribution is 6.41. The van der Waals surface area contributed by atoms with Crippen molar-refractivity contribution in [3.05, 3.63) is 48.2 Å². The van der Waals surface area contributed by atoms with Gasteiger partial charge in [0.25, 0.3) is 0 Å². The molecule has 3 unspecified atom stereocenters. The van der Waals surface area contributed by atoms with Gasteiger partial charge in [0.15, 0.2) is 5.78 Å². The molecule has 0 bridgehead atoms. The molecule has 0 saturated heterocycles. The van der Waals surface area contributed by atoms with Crippen molar-refractivity contribution in [2.75, 3.05) is 26.2 Å². The van der Waals surface area contributed by atoms with Crippen LogP contribution in [0.2, 0.25) is 0 Å². The molecule has 1 aromatic carbocycles. The molecular weight excluding hydrogens is 1220 g/mol. The minimum absolute atomic E-state index is 0.0397. The number of carbonyl (C=O) groups excluding carboxylic acids is 14. The van der Waals surface area contributed by atoms with Gasteiger partial charge in [-0.05, 0) is 138 Å². The summed E-state index contributed by atoms with van der Waals surface area (Å²) in [6.45, 7) is 17.6. The zero-order valence-electron chi connectivity index (χ0n) is 57.7. The molecule has 27 heteroatoms. The smallest absolute Gasteiger partial charge is 0.246 e. The fourth-order valence-corrected chi connectivity index (χ4v) is 10.8. The first-order chi connectivity index (χ1) is 44.6. The van der Waals surface area contributed by atoms with Gasteiger partial charge in [0.1, 0.15) is 29.4 Å². The van der Waals surface area contributed by atoms with Crippen molar-refractivity contribution >= 4 is 92.9 Å². The first-order valence-electron chi connectivity index (χ1n) is 33.4. The second-order valence-electron chi connectivity index (χ2n) is 26.5. The van der Waals surface area contributed by atoms with Crippen molar-refractivity contribution in [1.29, 1.82) is 0 Å². The molecule has 528 valence electrons. The number of aromatic amines is 1. The molecule has 1 aliphatic rings. The van der Waals surface area contributed by atoms with E-state index in [0.717, 1.165) is 55.0 Å². The van der Waals surface area contributed by atoms with E-state index >= 15 is 0 Å². The lowest BCUT2D eigenvalue weighted by Crippen LogP contribution is -2.62. The average molecular weight is 1330 g/mol. The Hall–Kier alpha value is -7.88.